The van der Waals surface area contributed by atoms with E-state index in [1.807, 2.05) is 39.0 Å². The van der Waals surface area contributed by atoms with E-state index in [4.69, 9.17) is 13.9 Å². The third-order valence-electron chi connectivity index (χ3n) is 5.64. The molecule has 1 fully saturated rings. The lowest BCUT2D eigenvalue weighted by Crippen LogP contribution is -2.56. The van der Waals surface area contributed by atoms with E-state index >= 15 is 0 Å². The fourth-order valence-corrected chi connectivity index (χ4v) is 4.10. The fraction of sp³-hybridized carbons (Fsp3) is 0.280. The van der Waals surface area contributed by atoms with Gasteiger partial charge in [0, 0.05) is 11.8 Å². The molecule has 1 aliphatic rings. The number of rotatable bonds is 5. The molecule has 0 aliphatic carbocycles. The monoisotopic (exact) mass is 434 g/mol. The Balaban J connectivity index is 1.85. The van der Waals surface area contributed by atoms with Crippen LogP contribution in [0.2, 0.25) is 0 Å². The molecule has 4 rings (SSSR count). The Hall–Kier alpha value is -3.74. The van der Waals surface area contributed by atoms with Gasteiger partial charge in [0.2, 0.25) is 5.91 Å². The van der Waals surface area contributed by atoms with Crippen LogP contribution in [-0.2, 0) is 9.59 Å². The van der Waals surface area contributed by atoms with Gasteiger partial charge in [-0.15, -0.1) is 0 Å². The van der Waals surface area contributed by atoms with Crippen molar-refractivity contribution in [2.24, 2.45) is 0 Å². The van der Waals surface area contributed by atoms with Crippen molar-refractivity contribution in [1.29, 1.82) is 0 Å². The zero-order valence-electron chi connectivity index (χ0n) is 18.8. The number of amides is 2. The van der Waals surface area contributed by atoms with Gasteiger partial charge in [0.15, 0.2) is 6.04 Å². The van der Waals surface area contributed by atoms with E-state index in [2.05, 4.69) is 0 Å². The molecule has 1 aliphatic heterocycles. The number of ether oxygens (including phenoxy) is 2. The smallest absolute Gasteiger partial charge is 0.258 e. The number of methoxy groups -OCH3 is 2. The van der Waals surface area contributed by atoms with E-state index in [1.165, 1.54) is 12.0 Å². The van der Waals surface area contributed by atoms with Crippen LogP contribution in [0.1, 0.15) is 28.7 Å². The van der Waals surface area contributed by atoms with Crippen molar-refractivity contribution in [1.82, 2.24) is 0 Å². The summed E-state index contributed by atoms with van der Waals surface area (Å²) in [6.45, 7) is 5.60. The Labute approximate surface area is 187 Å². The van der Waals surface area contributed by atoms with E-state index < -0.39 is 6.04 Å². The fourth-order valence-electron chi connectivity index (χ4n) is 4.10. The highest BCUT2D eigenvalue weighted by molar-refractivity contribution is 6.15. The van der Waals surface area contributed by atoms with E-state index in [0.717, 1.165) is 11.1 Å². The third kappa shape index (κ3) is 3.70. The highest BCUT2D eigenvalue weighted by Crippen LogP contribution is 2.40. The number of nitrogens with zero attached hydrogens (tertiary/aromatic N) is 2. The number of piperazine rings is 1. The van der Waals surface area contributed by atoms with Crippen LogP contribution in [0.25, 0.3) is 0 Å². The molecule has 1 saturated heterocycles. The molecule has 32 heavy (non-hydrogen) atoms. The quantitative estimate of drug-likeness (QED) is 0.597. The van der Waals surface area contributed by atoms with Crippen molar-refractivity contribution in [2.75, 3.05) is 30.6 Å². The first-order valence-corrected chi connectivity index (χ1v) is 10.3. The number of furan rings is 1. The first-order chi connectivity index (χ1) is 15.3. The van der Waals surface area contributed by atoms with Crippen molar-refractivity contribution in [3.63, 3.8) is 0 Å². The van der Waals surface area contributed by atoms with E-state index in [0.29, 0.717) is 34.4 Å². The Morgan fingerprint density at radius 3 is 2.31 bits per heavy atom. The highest BCUT2D eigenvalue weighted by Gasteiger charge is 2.44. The summed E-state index contributed by atoms with van der Waals surface area (Å²) in [6.07, 6.45) is 0. The van der Waals surface area contributed by atoms with Gasteiger partial charge in [-0.25, -0.2) is 0 Å². The van der Waals surface area contributed by atoms with Crippen molar-refractivity contribution >= 4 is 23.2 Å². The maximum Gasteiger partial charge on any atom is 0.258 e. The molecule has 1 aromatic heterocycles. The molecule has 3 aromatic rings. The summed E-state index contributed by atoms with van der Waals surface area (Å²) in [7, 11) is 3.07. The second kappa shape index (κ2) is 8.42. The SMILES string of the molecule is COc1ccc(OC)c(N2CC(=O)N(c3ccc(C)cc3C)[C@@H](c3ccc(C)o3)C2=O)c1. The zero-order valence-corrected chi connectivity index (χ0v) is 18.8. The van der Waals surface area contributed by atoms with Gasteiger partial charge < -0.3 is 13.9 Å². The number of carbonyl (C=O) groups is 2. The highest BCUT2D eigenvalue weighted by atomic mass is 16.5. The minimum Gasteiger partial charge on any atom is -0.497 e. The van der Waals surface area contributed by atoms with Crippen LogP contribution < -0.4 is 19.3 Å². The minimum absolute atomic E-state index is 0.133. The van der Waals surface area contributed by atoms with Crippen LogP contribution in [0.3, 0.4) is 0 Å². The molecule has 0 unspecified atom stereocenters. The van der Waals surface area contributed by atoms with E-state index in [-0.39, 0.29) is 18.4 Å². The maximum atomic E-state index is 13.9. The lowest BCUT2D eigenvalue weighted by atomic mass is 10.0. The number of aryl methyl sites for hydroxylation is 3. The Morgan fingerprint density at radius 2 is 1.69 bits per heavy atom. The Morgan fingerprint density at radius 1 is 0.906 bits per heavy atom. The predicted octanol–water partition coefficient (Wildman–Crippen LogP) is 4.34. The Bertz CT molecular complexity index is 1180. The number of anilines is 2. The second-order valence-corrected chi connectivity index (χ2v) is 7.87. The van der Waals surface area contributed by atoms with Crippen LogP contribution >= 0.6 is 0 Å². The van der Waals surface area contributed by atoms with E-state index in [1.54, 1.807) is 42.3 Å². The zero-order chi connectivity index (χ0) is 23.0. The van der Waals surface area contributed by atoms with Crippen molar-refractivity contribution in [2.45, 2.75) is 26.8 Å². The molecule has 0 radical (unpaired) electrons. The number of hydrogen-bond donors (Lipinski definition) is 0. The van der Waals surface area contributed by atoms with Crippen LogP contribution in [-0.4, -0.2) is 32.6 Å². The van der Waals surface area contributed by atoms with Gasteiger partial charge in [0.25, 0.3) is 5.91 Å². The van der Waals surface area contributed by atoms with Crippen molar-refractivity contribution < 1.29 is 23.5 Å². The summed E-state index contributed by atoms with van der Waals surface area (Å²) in [6, 6.07) is 13.6. The molecule has 1 atom stereocenters. The van der Waals surface area contributed by atoms with E-state index in [9.17, 15) is 9.59 Å². The molecular formula is C25H26N2O5. The van der Waals surface area contributed by atoms with Gasteiger partial charge in [-0.1, -0.05) is 17.7 Å². The molecule has 0 N–H and O–H groups in total. The summed E-state index contributed by atoms with van der Waals surface area (Å²) >= 11 is 0. The summed E-state index contributed by atoms with van der Waals surface area (Å²) in [4.78, 5) is 30.4. The lowest BCUT2D eigenvalue weighted by Gasteiger charge is -2.40. The Kier molecular flexibility index (Phi) is 5.65. The summed E-state index contributed by atoms with van der Waals surface area (Å²) < 4.78 is 16.7. The number of benzene rings is 2. The molecule has 0 spiro atoms. The predicted molar refractivity (Wildman–Crippen MR) is 121 cm³/mol. The molecule has 0 bridgehead atoms. The lowest BCUT2D eigenvalue weighted by molar-refractivity contribution is -0.129. The van der Waals surface area contributed by atoms with Gasteiger partial charge in [0.05, 0.1) is 19.9 Å². The number of carbonyl (C=O) groups excluding carboxylic acids is 2. The first-order valence-electron chi connectivity index (χ1n) is 10.3. The molecule has 2 amide bonds. The standard InChI is InChI=1S/C25H26N2O5/c1-15-6-9-19(16(2)12-15)27-23(28)14-26(20-13-18(30-4)8-11-21(20)31-5)25(29)24(27)22-10-7-17(3)32-22/h6-13,24H,14H2,1-5H3/t24-/m0/s1. The van der Waals surface area contributed by atoms with Crippen LogP contribution in [0.5, 0.6) is 11.5 Å². The van der Waals surface area contributed by atoms with Gasteiger partial charge >= 0.3 is 0 Å². The summed E-state index contributed by atoms with van der Waals surface area (Å²) in [5, 5.41) is 0. The van der Waals surface area contributed by atoms with Gasteiger partial charge in [-0.05, 0) is 56.7 Å². The molecule has 0 saturated carbocycles. The summed E-state index contributed by atoms with van der Waals surface area (Å²) in [5.74, 6) is 1.60. The average Bonchev–Trinajstić information content (AvgIpc) is 3.20. The molecule has 7 heteroatoms. The van der Waals surface area contributed by atoms with Crippen LogP contribution in [0.15, 0.2) is 52.9 Å². The molecule has 2 heterocycles. The van der Waals surface area contributed by atoms with Crippen molar-refractivity contribution in [3.05, 3.63) is 71.2 Å². The van der Waals surface area contributed by atoms with Gasteiger partial charge in [0.1, 0.15) is 29.6 Å². The van der Waals surface area contributed by atoms with Gasteiger partial charge in [-0.3, -0.25) is 19.4 Å². The van der Waals surface area contributed by atoms with Crippen LogP contribution in [0, 0.1) is 20.8 Å². The largest absolute Gasteiger partial charge is 0.497 e. The summed E-state index contributed by atoms with van der Waals surface area (Å²) in [5.41, 5.74) is 3.14. The molecular weight excluding hydrogens is 408 g/mol. The second-order valence-electron chi connectivity index (χ2n) is 7.87. The normalized spacial score (nSPS) is 16.5. The number of hydrogen-bond acceptors (Lipinski definition) is 5. The van der Waals surface area contributed by atoms with Crippen molar-refractivity contribution in [3.8, 4) is 11.5 Å². The van der Waals surface area contributed by atoms with Gasteiger partial charge in [-0.2, -0.15) is 0 Å². The first kappa shape index (κ1) is 21.5. The molecule has 166 valence electrons. The average molecular weight is 434 g/mol. The molecule has 7 nitrogen and oxygen atoms in total. The third-order valence-corrected chi connectivity index (χ3v) is 5.64. The minimum atomic E-state index is -0.942. The molecule has 2 aromatic carbocycles. The topological polar surface area (TPSA) is 72.2 Å². The maximum absolute atomic E-state index is 13.9. The van der Waals surface area contributed by atoms with Crippen LogP contribution in [0.4, 0.5) is 11.4 Å².